The molecule has 1 saturated heterocycles. The quantitative estimate of drug-likeness (QED) is 0.860. The molecule has 0 radical (unpaired) electrons. The van der Waals surface area contributed by atoms with Crippen LogP contribution in [-0.4, -0.2) is 29.3 Å². The van der Waals surface area contributed by atoms with Crippen molar-refractivity contribution < 1.29 is 5.11 Å². The number of nitrogens with zero attached hydrogens (tertiary/aromatic N) is 3. The maximum absolute atomic E-state index is 9.10. The zero-order valence-electron chi connectivity index (χ0n) is 9.84. The van der Waals surface area contributed by atoms with Crippen LogP contribution in [0.1, 0.15) is 31.4 Å². The van der Waals surface area contributed by atoms with Gasteiger partial charge in [-0.2, -0.15) is 5.26 Å². The average Bonchev–Trinajstić information content (AvgIpc) is 2.40. The fraction of sp³-hybridized carbons (Fsp3) is 0.538. The zero-order valence-corrected chi connectivity index (χ0v) is 9.84. The third-order valence-corrected chi connectivity index (χ3v) is 3.29. The molecule has 1 unspecified atom stereocenters. The fourth-order valence-corrected chi connectivity index (χ4v) is 2.48. The highest BCUT2D eigenvalue weighted by Gasteiger charge is 2.24. The van der Waals surface area contributed by atoms with Crippen LogP contribution in [0.15, 0.2) is 18.3 Å². The van der Waals surface area contributed by atoms with E-state index in [-0.39, 0.29) is 6.61 Å². The van der Waals surface area contributed by atoms with Crippen LogP contribution in [0.5, 0.6) is 0 Å². The van der Waals surface area contributed by atoms with Crippen molar-refractivity contribution in [2.45, 2.75) is 31.7 Å². The second kappa shape index (κ2) is 5.65. The van der Waals surface area contributed by atoms with Crippen molar-refractivity contribution in [1.82, 2.24) is 4.98 Å². The molecule has 4 nitrogen and oxygen atoms in total. The lowest BCUT2D eigenvalue weighted by molar-refractivity contribution is 0.262. The van der Waals surface area contributed by atoms with E-state index in [0.717, 1.165) is 31.5 Å². The monoisotopic (exact) mass is 231 g/mol. The second-order valence-electron chi connectivity index (χ2n) is 4.34. The molecule has 0 saturated carbocycles. The Morgan fingerprint density at radius 2 is 2.41 bits per heavy atom. The first-order valence-electron chi connectivity index (χ1n) is 6.09. The molecule has 0 aromatic carbocycles. The van der Waals surface area contributed by atoms with Crippen molar-refractivity contribution in [3.8, 4) is 6.07 Å². The highest BCUT2D eigenvalue weighted by atomic mass is 16.3. The lowest BCUT2D eigenvalue weighted by Crippen LogP contribution is -2.40. The van der Waals surface area contributed by atoms with E-state index in [9.17, 15) is 0 Å². The Balaban J connectivity index is 2.26. The number of pyridine rings is 1. The molecular weight excluding hydrogens is 214 g/mol. The predicted molar refractivity (Wildman–Crippen MR) is 65.6 cm³/mol. The van der Waals surface area contributed by atoms with E-state index in [1.165, 1.54) is 6.42 Å². The first-order valence-corrected chi connectivity index (χ1v) is 6.09. The summed E-state index contributed by atoms with van der Waals surface area (Å²) in [6, 6.07) is 6.29. The lowest BCUT2D eigenvalue weighted by Gasteiger charge is -2.37. The summed E-state index contributed by atoms with van der Waals surface area (Å²) in [6.45, 7) is 1.15. The minimum atomic E-state index is 0.198. The number of hydrogen-bond acceptors (Lipinski definition) is 4. The van der Waals surface area contributed by atoms with Gasteiger partial charge in [0.05, 0.1) is 5.69 Å². The smallest absolute Gasteiger partial charge is 0.163 e. The van der Waals surface area contributed by atoms with Crippen LogP contribution in [0.4, 0.5) is 5.69 Å². The average molecular weight is 231 g/mol. The molecule has 0 aliphatic carbocycles. The molecule has 1 atom stereocenters. The van der Waals surface area contributed by atoms with E-state index in [2.05, 4.69) is 16.0 Å². The van der Waals surface area contributed by atoms with Crippen LogP contribution in [0.25, 0.3) is 0 Å². The molecule has 2 rings (SSSR count). The van der Waals surface area contributed by atoms with Gasteiger partial charge in [-0.15, -0.1) is 0 Å². The summed E-state index contributed by atoms with van der Waals surface area (Å²) in [4.78, 5) is 6.33. The summed E-state index contributed by atoms with van der Waals surface area (Å²) in [5, 5.41) is 18.2. The Hall–Kier alpha value is -1.60. The van der Waals surface area contributed by atoms with Gasteiger partial charge in [-0.3, -0.25) is 0 Å². The fourth-order valence-electron chi connectivity index (χ4n) is 2.48. The van der Waals surface area contributed by atoms with Crippen molar-refractivity contribution in [1.29, 1.82) is 5.26 Å². The molecule has 17 heavy (non-hydrogen) atoms. The highest BCUT2D eigenvalue weighted by molar-refractivity contribution is 5.56. The molecule has 4 heteroatoms. The molecule has 0 spiro atoms. The van der Waals surface area contributed by atoms with Crippen molar-refractivity contribution in [3.63, 3.8) is 0 Å². The van der Waals surface area contributed by atoms with Gasteiger partial charge >= 0.3 is 0 Å². The van der Waals surface area contributed by atoms with Crippen LogP contribution in [0.2, 0.25) is 0 Å². The molecule has 90 valence electrons. The number of aliphatic hydroxyl groups excluding tert-OH is 1. The topological polar surface area (TPSA) is 60.2 Å². The minimum Gasteiger partial charge on any atom is -0.396 e. The van der Waals surface area contributed by atoms with E-state index < -0.39 is 0 Å². The summed E-state index contributed by atoms with van der Waals surface area (Å²) in [6.07, 6.45) is 5.83. The normalized spacial score (nSPS) is 20.0. The molecule has 1 aliphatic rings. The van der Waals surface area contributed by atoms with E-state index in [1.54, 1.807) is 6.20 Å². The number of aromatic nitrogens is 1. The third kappa shape index (κ3) is 2.56. The third-order valence-electron chi connectivity index (χ3n) is 3.29. The number of hydrogen-bond donors (Lipinski definition) is 1. The number of aliphatic hydroxyl groups is 1. The van der Waals surface area contributed by atoms with Crippen LogP contribution in [0, 0.1) is 11.3 Å². The highest BCUT2D eigenvalue weighted by Crippen LogP contribution is 2.27. The van der Waals surface area contributed by atoms with Gasteiger partial charge in [0.2, 0.25) is 0 Å². The van der Waals surface area contributed by atoms with Gasteiger partial charge in [-0.25, -0.2) is 4.98 Å². The Morgan fingerprint density at radius 3 is 3.18 bits per heavy atom. The van der Waals surface area contributed by atoms with E-state index in [0.29, 0.717) is 11.7 Å². The predicted octanol–water partition coefficient (Wildman–Crippen LogP) is 1.69. The van der Waals surface area contributed by atoms with Gasteiger partial charge in [-0.1, -0.05) is 0 Å². The molecule has 1 aromatic rings. The Kier molecular flexibility index (Phi) is 3.94. The molecular formula is C13H17N3O. The Labute approximate surface area is 102 Å². The van der Waals surface area contributed by atoms with Gasteiger partial charge in [0.1, 0.15) is 6.07 Å². The maximum Gasteiger partial charge on any atom is 0.163 e. The maximum atomic E-state index is 9.10. The van der Waals surface area contributed by atoms with Crippen LogP contribution in [0.3, 0.4) is 0 Å². The second-order valence-corrected chi connectivity index (χ2v) is 4.34. The number of piperidine rings is 1. The van der Waals surface area contributed by atoms with Crippen molar-refractivity contribution >= 4 is 5.69 Å². The van der Waals surface area contributed by atoms with Crippen LogP contribution >= 0.6 is 0 Å². The van der Waals surface area contributed by atoms with Gasteiger partial charge in [0.25, 0.3) is 0 Å². The molecule has 1 fully saturated rings. The molecule has 2 heterocycles. The Morgan fingerprint density at radius 1 is 1.53 bits per heavy atom. The van der Waals surface area contributed by atoms with Gasteiger partial charge < -0.3 is 10.0 Å². The number of rotatable bonds is 3. The first-order chi connectivity index (χ1) is 8.36. The van der Waals surface area contributed by atoms with Crippen LogP contribution in [-0.2, 0) is 0 Å². The summed E-state index contributed by atoms with van der Waals surface area (Å²) < 4.78 is 0. The minimum absolute atomic E-state index is 0.198. The van der Waals surface area contributed by atoms with Gasteiger partial charge in [-0.05, 0) is 37.8 Å². The van der Waals surface area contributed by atoms with Crippen LogP contribution < -0.4 is 4.90 Å². The van der Waals surface area contributed by atoms with Gasteiger partial charge in [0, 0.05) is 25.4 Å². The molecule has 1 N–H and O–H groups in total. The van der Waals surface area contributed by atoms with Gasteiger partial charge in [0.15, 0.2) is 5.69 Å². The molecule has 1 aliphatic heterocycles. The largest absolute Gasteiger partial charge is 0.396 e. The molecule has 1 aromatic heterocycles. The molecule has 0 amide bonds. The Bertz CT molecular complexity index is 411. The van der Waals surface area contributed by atoms with Crippen molar-refractivity contribution in [2.75, 3.05) is 18.1 Å². The summed E-state index contributed by atoms with van der Waals surface area (Å²) in [5.74, 6) is 0. The summed E-state index contributed by atoms with van der Waals surface area (Å²) in [7, 11) is 0. The van der Waals surface area contributed by atoms with E-state index >= 15 is 0 Å². The van der Waals surface area contributed by atoms with E-state index in [1.807, 2.05) is 12.1 Å². The summed E-state index contributed by atoms with van der Waals surface area (Å²) >= 11 is 0. The summed E-state index contributed by atoms with van der Waals surface area (Å²) in [5.41, 5.74) is 1.39. The zero-order chi connectivity index (χ0) is 12.1. The molecule has 0 bridgehead atoms. The number of anilines is 1. The standard InChI is InChI=1S/C13H17N3O/c14-10-12-13(5-3-7-15-12)16-8-2-1-4-11(16)6-9-17/h3,5,7,11,17H,1-2,4,6,8-9H2. The lowest BCUT2D eigenvalue weighted by atomic mass is 9.98. The van der Waals surface area contributed by atoms with Crippen molar-refractivity contribution in [2.24, 2.45) is 0 Å². The SMILES string of the molecule is N#Cc1ncccc1N1CCCCC1CCO. The van der Waals surface area contributed by atoms with E-state index in [4.69, 9.17) is 10.4 Å². The van der Waals surface area contributed by atoms with Crippen molar-refractivity contribution in [3.05, 3.63) is 24.0 Å². The first kappa shape index (κ1) is 11.9. The number of nitriles is 1.